The van der Waals surface area contributed by atoms with Gasteiger partial charge in [0, 0.05) is 25.5 Å². The highest BCUT2D eigenvalue weighted by Gasteiger charge is 2.30. The minimum atomic E-state index is -4.40. The van der Waals surface area contributed by atoms with Crippen LogP contribution >= 0.6 is 0 Å². The van der Waals surface area contributed by atoms with Gasteiger partial charge in [0.1, 0.15) is 17.2 Å². The zero-order valence-corrected chi connectivity index (χ0v) is 17.9. The minimum absolute atomic E-state index is 0.239. The number of halogens is 3. The fourth-order valence-electron chi connectivity index (χ4n) is 2.97. The summed E-state index contributed by atoms with van der Waals surface area (Å²) < 4.78 is 49.2. The van der Waals surface area contributed by atoms with Gasteiger partial charge in [0.25, 0.3) is 5.91 Å². The number of amides is 1. The Hall–Kier alpha value is -4.40. The van der Waals surface area contributed by atoms with Gasteiger partial charge in [-0.15, -0.1) is 0 Å². The van der Waals surface area contributed by atoms with E-state index in [2.05, 4.69) is 9.97 Å². The van der Waals surface area contributed by atoms with Gasteiger partial charge in [0.2, 0.25) is 5.88 Å². The van der Waals surface area contributed by atoms with Gasteiger partial charge >= 0.3 is 6.18 Å². The number of hydrogen-bond acceptors (Lipinski definition) is 5. The summed E-state index contributed by atoms with van der Waals surface area (Å²) in [7, 11) is 1.65. The van der Waals surface area contributed by atoms with Crippen LogP contribution in [-0.2, 0) is 6.18 Å². The molecule has 2 aromatic carbocycles. The SMILES string of the molecule is CN(C(=O)c1ccc(Oc2ccc(Oc3ccc(C(F)(F)F)cc3)cc2)nc1)c1cccnc1. The second-order valence-electron chi connectivity index (χ2n) is 7.16. The quantitative estimate of drug-likeness (QED) is 0.332. The number of carbonyl (C=O) groups is 1. The number of anilines is 1. The van der Waals surface area contributed by atoms with Crippen LogP contribution in [0.15, 0.2) is 91.4 Å². The minimum Gasteiger partial charge on any atom is -0.457 e. The first-order valence-electron chi connectivity index (χ1n) is 10.1. The van der Waals surface area contributed by atoms with Crippen molar-refractivity contribution in [3.63, 3.8) is 0 Å². The molecule has 0 aliphatic heterocycles. The van der Waals surface area contributed by atoms with Crippen molar-refractivity contribution in [2.75, 3.05) is 11.9 Å². The Bertz CT molecular complexity index is 1250. The molecule has 2 aromatic heterocycles. The molecular formula is C25H18F3N3O3. The van der Waals surface area contributed by atoms with Crippen LogP contribution in [0.3, 0.4) is 0 Å². The number of rotatable bonds is 6. The molecule has 0 spiro atoms. The highest BCUT2D eigenvalue weighted by molar-refractivity contribution is 6.05. The number of hydrogen-bond donors (Lipinski definition) is 0. The topological polar surface area (TPSA) is 64.6 Å². The Morgan fingerprint density at radius 3 is 1.97 bits per heavy atom. The van der Waals surface area contributed by atoms with Crippen LogP contribution in [0.25, 0.3) is 0 Å². The first-order chi connectivity index (χ1) is 16.3. The number of alkyl halides is 3. The molecule has 0 aliphatic rings. The van der Waals surface area contributed by atoms with Gasteiger partial charge in [0.05, 0.1) is 23.0 Å². The van der Waals surface area contributed by atoms with Crippen LogP contribution in [0.4, 0.5) is 18.9 Å². The van der Waals surface area contributed by atoms with Gasteiger partial charge in [-0.3, -0.25) is 9.78 Å². The Balaban J connectivity index is 1.36. The van der Waals surface area contributed by atoms with E-state index in [1.807, 2.05) is 0 Å². The zero-order valence-electron chi connectivity index (χ0n) is 17.9. The Morgan fingerprint density at radius 1 is 0.824 bits per heavy atom. The molecule has 0 radical (unpaired) electrons. The molecule has 0 aliphatic carbocycles. The third-order valence-corrected chi connectivity index (χ3v) is 4.78. The van der Waals surface area contributed by atoms with Crippen LogP contribution in [-0.4, -0.2) is 22.9 Å². The van der Waals surface area contributed by atoms with Crippen molar-refractivity contribution in [1.29, 1.82) is 0 Å². The van der Waals surface area contributed by atoms with Crippen molar-refractivity contribution in [3.8, 4) is 23.1 Å². The highest BCUT2D eigenvalue weighted by Crippen LogP contribution is 2.32. The smallest absolute Gasteiger partial charge is 0.416 e. The molecule has 6 nitrogen and oxygen atoms in total. The first kappa shape index (κ1) is 22.8. The number of ether oxygens (including phenoxy) is 2. The molecule has 0 saturated carbocycles. The lowest BCUT2D eigenvalue weighted by Gasteiger charge is -2.16. The second-order valence-corrected chi connectivity index (χ2v) is 7.16. The lowest BCUT2D eigenvalue weighted by molar-refractivity contribution is -0.137. The number of nitrogens with zero attached hydrogens (tertiary/aromatic N) is 3. The standard InChI is InChI=1S/C25H18F3N3O3/c1-31(19-3-2-14-29-16-19)24(32)17-4-13-23(30-15-17)34-22-11-9-21(10-12-22)33-20-7-5-18(6-8-20)25(26,27)28/h2-16H,1H3. The predicted octanol–water partition coefficient (Wildman–Crippen LogP) is 6.36. The summed E-state index contributed by atoms with van der Waals surface area (Å²) in [5.41, 5.74) is 0.304. The van der Waals surface area contributed by atoms with E-state index in [0.717, 1.165) is 12.1 Å². The summed E-state index contributed by atoms with van der Waals surface area (Å²) in [6, 6.07) is 17.7. The van der Waals surface area contributed by atoms with Crippen molar-refractivity contribution >= 4 is 11.6 Å². The number of benzene rings is 2. The van der Waals surface area contributed by atoms with Crippen LogP contribution in [0.5, 0.6) is 23.1 Å². The maximum atomic E-state index is 12.7. The van der Waals surface area contributed by atoms with Gasteiger partial charge in [-0.2, -0.15) is 13.2 Å². The molecule has 1 amide bonds. The fraction of sp³-hybridized carbons (Fsp3) is 0.0800. The molecule has 0 bridgehead atoms. The predicted molar refractivity (Wildman–Crippen MR) is 119 cm³/mol. The average molecular weight is 465 g/mol. The van der Waals surface area contributed by atoms with Gasteiger partial charge in [-0.1, -0.05) is 0 Å². The fourth-order valence-corrected chi connectivity index (χ4v) is 2.97. The molecule has 0 atom stereocenters. The molecule has 2 heterocycles. The van der Waals surface area contributed by atoms with E-state index in [1.54, 1.807) is 68.0 Å². The monoisotopic (exact) mass is 465 g/mol. The summed E-state index contributed by atoms with van der Waals surface area (Å²) in [5, 5.41) is 0. The van der Waals surface area contributed by atoms with E-state index >= 15 is 0 Å². The molecule has 172 valence electrons. The molecule has 34 heavy (non-hydrogen) atoms. The van der Waals surface area contributed by atoms with Crippen LogP contribution < -0.4 is 14.4 Å². The first-order valence-corrected chi connectivity index (χ1v) is 10.1. The van der Waals surface area contributed by atoms with Crippen LogP contribution in [0.1, 0.15) is 15.9 Å². The third kappa shape index (κ3) is 5.50. The molecule has 0 fully saturated rings. The normalized spacial score (nSPS) is 11.1. The Labute approximate surface area is 193 Å². The molecule has 4 rings (SSSR count). The summed E-state index contributed by atoms with van der Waals surface area (Å²) in [4.78, 5) is 22.3. The maximum Gasteiger partial charge on any atom is 0.416 e. The van der Waals surface area contributed by atoms with E-state index in [-0.39, 0.29) is 17.5 Å². The van der Waals surface area contributed by atoms with Crippen molar-refractivity contribution in [2.45, 2.75) is 6.18 Å². The molecule has 0 N–H and O–H groups in total. The molecular weight excluding hydrogens is 447 g/mol. The van der Waals surface area contributed by atoms with E-state index in [0.29, 0.717) is 22.7 Å². The van der Waals surface area contributed by atoms with Crippen molar-refractivity contribution < 1.29 is 27.4 Å². The van der Waals surface area contributed by atoms with Crippen molar-refractivity contribution in [3.05, 3.63) is 103 Å². The third-order valence-electron chi connectivity index (χ3n) is 4.78. The largest absolute Gasteiger partial charge is 0.457 e. The summed E-state index contributed by atoms with van der Waals surface area (Å²) in [5.74, 6) is 1.23. The van der Waals surface area contributed by atoms with E-state index < -0.39 is 11.7 Å². The second kappa shape index (κ2) is 9.62. The molecule has 9 heteroatoms. The zero-order chi connectivity index (χ0) is 24.1. The van der Waals surface area contributed by atoms with Gasteiger partial charge in [-0.25, -0.2) is 4.98 Å². The van der Waals surface area contributed by atoms with Gasteiger partial charge < -0.3 is 14.4 Å². The van der Waals surface area contributed by atoms with E-state index in [1.165, 1.54) is 23.2 Å². The van der Waals surface area contributed by atoms with Gasteiger partial charge in [0.15, 0.2) is 0 Å². The average Bonchev–Trinajstić information content (AvgIpc) is 2.85. The molecule has 0 unspecified atom stereocenters. The van der Waals surface area contributed by atoms with Crippen molar-refractivity contribution in [2.24, 2.45) is 0 Å². The van der Waals surface area contributed by atoms with Gasteiger partial charge in [-0.05, 0) is 66.7 Å². The van der Waals surface area contributed by atoms with E-state index in [9.17, 15) is 18.0 Å². The lowest BCUT2D eigenvalue weighted by Crippen LogP contribution is -2.26. The summed E-state index contributed by atoms with van der Waals surface area (Å²) in [6.45, 7) is 0. The maximum absolute atomic E-state index is 12.7. The lowest BCUT2D eigenvalue weighted by atomic mass is 10.2. The number of aromatic nitrogens is 2. The summed E-state index contributed by atoms with van der Waals surface area (Å²) >= 11 is 0. The highest BCUT2D eigenvalue weighted by atomic mass is 19.4. The summed E-state index contributed by atoms with van der Waals surface area (Å²) in [6.07, 6.45) is 0.246. The Morgan fingerprint density at radius 2 is 1.44 bits per heavy atom. The number of pyridine rings is 2. The van der Waals surface area contributed by atoms with E-state index in [4.69, 9.17) is 9.47 Å². The molecule has 4 aromatic rings. The van der Waals surface area contributed by atoms with Crippen LogP contribution in [0, 0.1) is 0 Å². The number of carbonyl (C=O) groups excluding carboxylic acids is 1. The van der Waals surface area contributed by atoms with Crippen molar-refractivity contribution in [1.82, 2.24) is 9.97 Å². The molecule has 0 saturated heterocycles. The van der Waals surface area contributed by atoms with Crippen LogP contribution in [0.2, 0.25) is 0 Å². The Kier molecular flexibility index (Phi) is 6.44.